The normalized spacial score (nSPS) is 12.5. The lowest BCUT2D eigenvalue weighted by atomic mass is 10.2. The van der Waals surface area contributed by atoms with Crippen LogP contribution in [0.3, 0.4) is 0 Å². The maximum absolute atomic E-state index is 13.1. The summed E-state index contributed by atoms with van der Waals surface area (Å²) in [6, 6.07) is 8.94. The highest BCUT2D eigenvalue weighted by molar-refractivity contribution is 7.89. The van der Waals surface area contributed by atoms with Crippen LogP contribution in [0.2, 0.25) is 0 Å². The van der Waals surface area contributed by atoms with Crippen molar-refractivity contribution in [1.29, 1.82) is 0 Å². The maximum Gasteiger partial charge on any atom is 0.337 e. The number of furan rings is 1. The SMILES string of the molecule is COC(=O)c1ccc(OC)c(S(=O)(=O)NCC(c2ccco2)n2nc(C)cc2C)c1. The van der Waals surface area contributed by atoms with Crippen molar-refractivity contribution in [2.24, 2.45) is 0 Å². The van der Waals surface area contributed by atoms with Crippen LogP contribution in [0.15, 0.2) is 52.0 Å². The van der Waals surface area contributed by atoms with Gasteiger partial charge in [-0.05, 0) is 50.2 Å². The Morgan fingerprint density at radius 3 is 2.57 bits per heavy atom. The number of esters is 1. The molecule has 0 aliphatic heterocycles. The molecule has 1 aromatic carbocycles. The van der Waals surface area contributed by atoms with Gasteiger partial charge in [0.25, 0.3) is 0 Å². The molecule has 0 amide bonds. The van der Waals surface area contributed by atoms with Gasteiger partial charge in [-0.3, -0.25) is 4.68 Å². The summed E-state index contributed by atoms with van der Waals surface area (Å²) in [5.74, 6) is 0.0141. The summed E-state index contributed by atoms with van der Waals surface area (Å²) >= 11 is 0. The van der Waals surface area contributed by atoms with Crippen molar-refractivity contribution in [2.45, 2.75) is 24.8 Å². The predicted molar refractivity (Wildman–Crippen MR) is 108 cm³/mol. The molecule has 9 nitrogen and oxygen atoms in total. The second-order valence-corrected chi connectivity index (χ2v) is 8.35. The molecule has 1 atom stereocenters. The van der Waals surface area contributed by atoms with E-state index in [0.717, 1.165) is 11.4 Å². The fraction of sp³-hybridized carbons (Fsp3) is 0.300. The number of hydrogen-bond donors (Lipinski definition) is 1. The van der Waals surface area contributed by atoms with E-state index in [4.69, 9.17) is 9.15 Å². The van der Waals surface area contributed by atoms with Crippen LogP contribution in [-0.2, 0) is 14.8 Å². The first-order chi connectivity index (χ1) is 14.3. The third-order valence-electron chi connectivity index (χ3n) is 4.55. The van der Waals surface area contributed by atoms with Gasteiger partial charge in [0.05, 0.1) is 31.7 Å². The van der Waals surface area contributed by atoms with Gasteiger partial charge in [0.15, 0.2) is 0 Å². The molecule has 0 bridgehead atoms. The van der Waals surface area contributed by atoms with E-state index in [1.165, 1.54) is 38.7 Å². The van der Waals surface area contributed by atoms with Gasteiger partial charge in [-0.2, -0.15) is 5.10 Å². The molecule has 10 heteroatoms. The Balaban J connectivity index is 1.94. The summed E-state index contributed by atoms with van der Waals surface area (Å²) in [7, 11) is -1.45. The Hall–Kier alpha value is -3.11. The van der Waals surface area contributed by atoms with Crippen LogP contribution in [0, 0.1) is 13.8 Å². The number of hydrogen-bond acceptors (Lipinski definition) is 7. The van der Waals surface area contributed by atoms with Crippen molar-refractivity contribution in [3.63, 3.8) is 0 Å². The van der Waals surface area contributed by atoms with Crippen molar-refractivity contribution < 1.29 is 27.1 Å². The van der Waals surface area contributed by atoms with Crippen LogP contribution in [-0.4, -0.2) is 44.9 Å². The minimum absolute atomic E-state index is 0.0244. The Bertz CT molecular complexity index is 1140. The smallest absolute Gasteiger partial charge is 0.337 e. The minimum Gasteiger partial charge on any atom is -0.495 e. The summed E-state index contributed by atoms with van der Waals surface area (Å²) in [5.41, 5.74) is 1.76. The molecule has 0 spiro atoms. The number of nitrogens with one attached hydrogen (secondary N) is 1. The number of methoxy groups -OCH3 is 2. The Labute approximate surface area is 174 Å². The van der Waals surface area contributed by atoms with Gasteiger partial charge < -0.3 is 13.9 Å². The highest BCUT2D eigenvalue weighted by Gasteiger charge is 2.26. The van der Waals surface area contributed by atoms with Gasteiger partial charge in [0, 0.05) is 12.2 Å². The second-order valence-electron chi connectivity index (χ2n) is 6.61. The van der Waals surface area contributed by atoms with Crippen LogP contribution in [0.4, 0.5) is 0 Å². The van der Waals surface area contributed by atoms with Crippen LogP contribution < -0.4 is 9.46 Å². The molecule has 0 saturated carbocycles. The molecule has 2 heterocycles. The lowest BCUT2D eigenvalue weighted by molar-refractivity contribution is 0.0600. The molecule has 2 aromatic heterocycles. The van der Waals surface area contributed by atoms with E-state index in [1.807, 2.05) is 19.9 Å². The van der Waals surface area contributed by atoms with Crippen LogP contribution >= 0.6 is 0 Å². The molecule has 0 fully saturated rings. The standard InChI is InChI=1S/C20H23N3O6S/c1-13-10-14(2)23(22-13)16(17-6-5-9-29-17)12-21-30(25,26)19-11-15(20(24)28-4)7-8-18(19)27-3/h5-11,16,21H,12H2,1-4H3. The van der Waals surface area contributed by atoms with E-state index in [2.05, 4.69) is 14.6 Å². The van der Waals surface area contributed by atoms with E-state index in [0.29, 0.717) is 5.76 Å². The molecule has 0 radical (unpaired) electrons. The average Bonchev–Trinajstić information content (AvgIpc) is 3.37. The Kier molecular flexibility index (Phi) is 6.28. The molecule has 160 valence electrons. The molecule has 30 heavy (non-hydrogen) atoms. The van der Waals surface area contributed by atoms with Crippen molar-refractivity contribution in [3.05, 3.63) is 65.4 Å². The zero-order valence-electron chi connectivity index (χ0n) is 17.1. The molecular weight excluding hydrogens is 410 g/mol. The zero-order valence-corrected chi connectivity index (χ0v) is 17.9. The summed E-state index contributed by atoms with van der Waals surface area (Å²) in [6.07, 6.45) is 1.52. The highest BCUT2D eigenvalue weighted by Crippen LogP contribution is 2.26. The fourth-order valence-electron chi connectivity index (χ4n) is 3.15. The number of sulfonamides is 1. The quantitative estimate of drug-likeness (QED) is 0.543. The topological polar surface area (TPSA) is 113 Å². The van der Waals surface area contributed by atoms with E-state index < -0.39 is 22.0 Å². The van der Waals surface area contributed by atoms with E-state index in [-0.39, 0.29) is 22.8 Å². The first-order valence-electron chi connectivity index (χ1n) is 9.09. The van der Waals surface area contributed by atoms with E-state index in [9.17, 15) is 13.2 Å². The molecule has 0 saturated heterocycles. The van der Waals surface area contributed by atoms with Gasteiger partial charge in [-0.25, -0.2) is 17.9 Å². The first-order valence-corrected chi connectivity index (χ1v) is 10.6. The number of carbonyl (C=O) groups excluding carboxylic acids is 1. The highest BCUT2D eigenvalue weighted by atomic mass is 32.2. The summed E-state index contributed by atoms with van der Waals surface area (Å²) in [4.78, 5) is 11.7. The van der Waals surface area contributed by atoms with Gasteiger partial charge in [0.1, 0.15) is 22.4 Å². The fourth-order valence-corrected chi connectivity index (χ4v) is 4.38. The summed E-state index contributed by atoms with van der Waals surface area (Å²) < 4.78 is 45.8. The molecule has 1 unspecified atom stereocenters. The van der Waals surface area contributed by atoms with E-state index >= 15 is 0 Å². The number of ether oxygens (including phenoxy) is 2. The Morgan fingerprint density at radius 1 is 1.23 bits per heavy atom. The van der Waals surface area contributed by atoms with Gasteiger partial charge in [-0.1, -0.05) is 0 Å². The lowest BCUT2D eigenvalue weighted by Crippen LogP contribution is -2.32. The molecule has 3 aromatic rings. The largest absolute Gasteiger partial charge is 0.495 e. The zero-order chi connectivity index (χ0) is 21.9. The molecule has 0 aliphatic carbocycles. The van der Waals surface area contributed by atoms with Crippen molar-refractivity contribution in [1.82, 2.24) is 14.5 Å². The molecule has 0 aliphatic rings. The van der Waals surface area contributed by atoms with Gasteiger partial charge >= 0.3 is 5.97 Å². The van der Waals surface area contributed by atoms with Crippen LogP contribution in [0.5, 0.6) is 5.75 Å². The first kappa shape index (κ1) is 21.6. The third kappa shape index (κ3) is 4.39. The van der Waals surface area contributed by atoms with Crippen molar-refractivity contribution >= 4 is 16.0 Å². The average molecular weight is 433 g/mol. The Morgan fingerprint density at radius 2 is 2.00 bits per heavy atom. The van der Waals surface area contributed by atoms with Crippen molar-refractivity contribution in [2.75, 3.05) is 20.8 Å². The number of aryl methyl sites for hydroxylation is 2. The summed E-state index contributed by atoms with van der Waals surface area (Å²) in [5, 5.41) is 4.46. The van der Waals surface area contributed by atoms with Gasteiger partial charge in [0.2, 0.25) is 10.0 Å². The van der Waals surface area contributed by atoms with Gasteiger partial charge in [-0.15, -0.1) is 0 Å². The summed E-state index contributed by atoms with van der Waals surface area (Å²) in [6.45, 7) is 3.72. The maximum atomic E-state index is 13.1. The monoisotopic (exact) mass is 433 g/mol. The number of carbonyl (C=O) groups is 1. The van der Waals surface area contributed by atoms with Crippen molar-refractivity contribution in [3.8, 4) is 5.75 Å². The number of rotatable bonds is 8. The van der Waals surface area contributed by atoms with Crippen LogP contribution in [0.1, 0.15) is 33.5 Å². The molecule has 3 rings (SSSR count). The van der Waals surface area contributed by atoms with Crippen LogP contribution in [0.25, 0.3) is 0 Å². The second kappa shape index (κ2) is 8.72. The lowest BCUT2D eigenvalue weighted by Gasteiger charge is -2.19. The predicted octanol–water partition coefficient (Wildman–Crippen LogP) is 2.46. The third-order valence-corrected chi connectivity index (χ3v) is 6.00. The van der Waals surface area contributed by atoms with E-state index in [1.54, 1.807) is 16.8 Å². The number of aromatic nitrogens is 2. The molecule has 1 N–H and O–H groups in total. The molecular formula is C20H23N3O6S. The number of nitrogens with zero attached hydrogens (tertiary/aromatic N) is 2. The minimum atomic E-state index is -4.03. The number of benzene rings is 1.